The molecule has 0 unspecified atom stereocenters. The largest absolute Gasteiger partial charge is 0.310 e. The van der Waals surface area contributed by atoms with Crippen LogP contribution in [0.2, 0.25) is 0 Å². The van der Waals surface area contributed by atoms with E-state index in [4.69, 9.17) is 0 Å². The first kappa shape index (κ1) is 56.6. The number of hydrogen-bond acceptors (Lipinski definition) is 3. The fourth-order valence-corrected chi connectivity index (χ4v) is 14.9. The van der Waals surface area contributed by atoms with Crippen LogP contribution >= 0.6 is 0 Å². The molecule has 12 aromatic rings. The van der Waals surface area contributed by atoms with E-state index >= 15 is 0 Å². The molecule has 0 bridgehead atoms. The topological polar surface area (TPSA) is 9.72 Å². The molecule has 2 aliphatic rings. The summed E-state index contributed by atoms with van der Waals surface area (Å²) in [6.45, 7) is 39.0. The molecule has 0 spiro atoms. The molecule has 0 aromatic heterocycles. The maximum atomic E-state index is 2.64. The molecule has 0 saturated heterocycles. The van der Waals surface area contributed by atoms with Crippen LogP contribution in [-0.2, 0) is 10.8 Å². The molecule has 88 heavy (non-hydrogen) atoms. The first-order chi connectivity index (χ1) is 42.0. The van der Waals surface area contributed by atoms with Gasteiger partial charge >= 0.3 is 0 Å². The van der Waals surface area contributed by atoms with E-state index < -0.39 is 5.41 Å². The standard InChI is InChI=1S/C85H81N3/c1-48-22-28-61(38-54(48)7)86(62-29-23-49(2)55(8)39-62)66-33-36-69-68-35-34-67(87(63-30-24-50(3)56(9)40-63)79-37-27-53(6)59(12)60(79)13)43-72(68)82-75-46-76-74(45-77(75)85(16,17)83(82)73(69)44-66)81-71-21-19-18-20-70(71)80(47-78(81)84(76,14)15)88(64-31-25-51(4)57(10)41-64)65-32-26-52(5)58(11)42-65/h18-47H,1-17H3. The van der Waals surface area contributed by atoms with Crippen molar-refractivity contribution in [2.45, 2.75) is 129 Å². The van der Waals surface area contributed by atoms with Crippen molar-refractivity contribution in [3.63, 3.8) is 0 Å². The number of benzene rings is 12. The van der Waals surface area contributed by atoms with Gasteiger partial charge in [-0.05, 0) is 343 Å². The number of rotatable bonds is 9. The number of hydrogen-bond donors (Lipinski definition) is 0. The monoisotopic (exact) mass is 1140 g/mol. The normalized spacial score (nSPS) is 13.5. The maximum Gasteiger partial charge on any atom is 0.0543 e. The molecule has 3 nitrogen and oxygen atoms in total. The second-order valence-electron chi connectivity index (χ2n) is 27.3. The van der Waals surface area contributed by atoms with Crippen LogP contribution in [-0.4, -0.2) is 0 Å². The van der Waals surface area contributed by atoms with Crippen molar-refractivity contribution in [3.05, 3.63) is 277 Å². The lowest BCUT2D eigenvalue weighted by Crippen LogP contribution is -2.18. The van der Waals surface area contributed by atoms with Gasteiger partial charge in [0.15, 0.2) is 0 Å². The van der Waals surface area contributed by atoms with Gasteiger partial charge in [-0.25, -0.2) is 0 Å². The Labute approximate surface area is 522 Å². The summed E-state index contributed by atoms with van der Waals surface area (Å²) in [4.78, 5) is 7.52. The van der Waals surface area contributed by atoms with E-state index in [0.717, 1.165) is 28.4 Å². The Balaban J connectivity index is 1.05. The third kappa shape index (κ3) is 8.66. The molecule has 0 heterocycles. The van der Waals surface area contributed by atoms with Crippen LogP contribution in [0.15, 0.2) is 182 Å². The molecular weight excluding hydrogens is 1060 g/mol. The summed E-state index contributed by atoms with van der Waals surface area (Å²) in [5, 5.41) is 7.60. The molecule has 0 atom stereocenters. The molecule has 14 rings (SSSR count). The predicted molar refractivity (Wildman–Crippen MR) is 380 cm³/mol. The number of aryl methyl sites for hydroxylation is 11. The van der Waals surface area contributed by atoms with Crippen molar-refractivity contribution in [1.82, 2.24) is 0 Å². The Kier molecular flexibility index (Phi) is 13.2. The van der Waals surface area contributed by atoms with Gasteiger partial charge < -0.3 is 14.7 Å². The van der Waals surface area contributed by atoms with Gasteiger partial charge in [-0.1, -0.05) is 100 Å². The summed E-state index contributed by atoms with van der Waals surface area (Å²) in [6, 6.07) is 71.1. The fourth-order valence-electron chi connectivity index (χ4n) is 14.9. The van der Waals surface area contributed by atoms with Crippen molar-refractivity contribution < 1.29 is 0 Å². The third-order valence-corrected chi connectivity index (χ3v) is 21.2. The van der Waals surface area contributed by atoms with Crippen LogP contribution in [0, 0.1) is 90.0 Å². The lowest BCUT2D eigenvalue weighted by molar-refractivity contribution is 0.654. The van der Waals surface area contributed by atoms with E-state index in [1.54, 1.807) is 0 Å². The summed E-state index contributed by atoms with van der Waals surface area (Å²) in [7, 11) is 0. The maximum absolute atomic E-state index is 2.64. The van der Waals surface area contributed by atoms with Crippen molar-refractivity contribution in [2.75, 3.05) is 14.7 Å². The Morgan fingerprint density at radius 3 is 1.10 bits per heavy atom. The van der Waals surface area contributed by atoms with Gasteiger partial charge in [-0.15, -0.1) is 0 Å². The first-order valence-corrected chi connectivity index (χ1v) is 31.6. The van der Waals surface area contributed by atoms with E-state index in [1.165, 1.54) is 172 Å². The molecule has 2 aliphatic carbocycles. The minimum atomic E-state index is -0.406. The van der Waals surface area contributed by atoms with E-state index in [1.807, 2.05) is 0 Å². The molecule has 12 aromatic carbocycles. The van der Waals surface area contributed by atoms with Crippen molar-refractivity contribution in [2.24, 2.45) is 0 Å². The lowest BCUT2D eigenvalue weighted by Gasteiger charge is -2.30. The quantitative estimate of drug-likeness (QED) is 0.133. The van der Waals surface area contributed by atoms with E-state index in [2.05, 4.69) is 314 Å². The molecule has 436 valence electrons. The highest BCUT2D eigenvalue weighted by Gasteiger charge is 2.45. The zero-order valence-corrected chi connectivity index (χ0v) is 54.7. The number of anilines is 9. The summed E-state index contributed by atoms with van der Waals surface area (Å²) in [5.41, 5.74) is 37.3. The number of nitrogens with zero attached hydrogens (tertiary/aromatic N) is 3. The Bertz CT molecular complexity index is 4860. The lowest BCUT2D eigenvalue weighted by atomic mass is 9.78. The van der Waals surface area contributed by atoms with Gasteiger partial charge in [0.1, 0.15) is 0 Å². The SMILES string of the molecule is Cc1ccc(N(c2ccc(C)c(C)c2)c2ccc3c(c2)c2c(c4cc(N(c5ccc(C)c(C)c5)c5ccc(C)c(C)c5C)ccc43)-c3cc4c(cc3C2(C)C)-c2c(cc(N(c3ccc(C)c(C)c3)c3ccc(C)c(C)c3)c3ccccc23)C4(C)C)cc1C. The van der Waals surface area contributed by atoms with Gasteiger partial charge in [0.05, 0.1) is 5.69 Å². The Morgan fingerprint density at radius 1 is 0.239 bits per heavy atom. The van der Waals surface area contributed by atoms with Crippen LogP contribution in [0.3, 0.4) is 0 Å². The predicted octanol–water partition coefficient (Wildman–Crippen LogP) is 24.2. The van der Waals surface area contributed by atoms with Crippen LogP contribution in [0.25, 0.3) is 54.6 Å². The van der Waals surface area contributed by atoms with Gasteiger partial charge in [-0.3, -0.25) is 0 Å². The van der Waals surface area contributed by atoms with E-state index in [-0.39, 0.29) is 5.41 Å². The molecular formula is C85H81N3. The van der Waals surface area contributed by atoms with Crippen LogP contribution in [0.4, 0.5) is 51.2 Å². The minimum Gasteiger partial charge on any atom is -0.310 e. The van der Waals surface area contributed by atoms with Gasteiger partial charge in [-0.2, -0.15) is 0 Å². The summed E-state index contributed by atoms with van der Waals surface area (Å²) >= 11 is 0. The second-order valence-corrected chi connectivity index (χ2v) is 27.3. The van der Waals surface area contributed by atoms with E-state index in [9.17, 15) is 0 Å². The minimum absolute atomic E-state index is 0.353. The summed E-state index contributed by atoms with van der Waals surface area (Å²) in [5.74, 6) is 0. The number of fused-ring (bicyclic) bond motifs is 13. The zero-order valence-electron chi connectivity index (χ0n) is 54.7. The highest BCUT2D eigenvalue weighted by atomic mass is 15.2. The second kappa shape index (κ2) is 20.5. The molecule has 3 heteroatoms. The van der Waals surface area contributed by atoms with Crippen molar-refractivity contribution >= 4 is 83.5 Å². The Hall–Kier alpha value is -9.18. The van der Waals surface area contributed by atoms with Gasteiger partial charge in [0.2, 0.25) is 0 Å². The smallest absolute Gasteiger partial charge is 0.0543 e. The van der Waals surface area contributed by atoms with Crippen LogP contribution in [0.1, 0.15) is 122 Å². The van der Waals surface area contributed by atoms with Crippen molar-refractivity contribution in [3.8, 4) is 22.3 Å². The molecule has 0 N–H and O–H groups in total. The average Bonchev–Trinajstić information content (AvgIpc) is 1.54. The Morgan fingerprint density at radius 2 is 0.614 bits per heavy atom. The molecule has 0 amide bonds. The van der Waals surface area contributed by atoms with Crippen LogP contribution < -0.4 is 14.7 Å². The summed E-state index contributed by atoms with van der Waals surface area (Å²) in [6.07, 6.45) is 0. The average molecular weight is 1140 g/mol. The third-order valence-electron chi connectivity index (χ3n) is 21.2. The van der Waals surface area contributed by atoms with Crippen molar-refractivity contribution in [1.29, 1.82) is 0 Å². The highest BCUT2D eigenvalue weighted by molar-refractivity contribution is 6.20. The molecule has 0 radical (unpaired) electrons. The molecule has 0 saturated carbocycles. The van der Waals surface area contributed by atoms with E-state index in [0.29, 0.717) is 0 Å². The fraction of sp³-hybridized carbons (Fsp3) is 0.224. The highest BCUT2D eigenvalue weighted by Crippen LogP contribution is 2.62. The molecule has 0 aliphatic heterocycles. The van der Waals surface area contributed by atoms with Gasteiger partial charge in [0.25, 0.3) is 0 Å². The van der Waals surface area contributed by atoms with Crippen LogP contribution in [0.5, 0.6) is 0 Å². The summed E-state index contributed by atoms with van der Waals surface area (Å²) < 4.78 is 0. The molecule has 0 fully saturated rings. The van der Waals surface area contributed by atoms with Gasteiger partial charge in [0, 0.05) is 61.7 Å². The zero-order chi connectivity index (χ0) is 61.7. The first-order valence-electron chi connectivity index (χ1n) is 31.6.